The summed E-state index contributed by atoms with van der Waals surface area (Å²) in [7, 11) is 3.31. The number of hydrogen-bond acceptors (Lipinski definition) is 6. The van der Waals surface area contributed by atoms with Crippen molar-refractivity contribution >= 4 is 17.5 Å². The molecule has 0 radical (unpaired) electrons. The van der Waals surface area contributed by atoms with E-state index in [2.05, 4.69) is 17.1 Å². The van der Waals surface area contributed by atoms with Crippen molar-refractivity contribution in [2.24, 2.45) is 5.10 Å². The lowest BCUT2D eigenvalue weighted by Crippen LogP contribution is -2.21. The fourth-order valence-electron chi connectivity index (χ4n) is 2.83. The molecular weight excluding hydrogens is 348 g/mol. The van der Waals surface area contributed by atoms with Gasteiger partial charge in [0.1, 0.15) is 11.5 Å². The van der Waals surface area contributed by atoms with E-state index >= 15 is 0 Å². The summed E-state index contributed by atoms with van der Waals surface area (Å²) in [5.74, 6) is 2.30. The standard InChI is InChI=1S/C19H18N4O2S/c1-12-17(13-7-9-15(24-2)10-8-13)22-23-18(20-21-19(23)26-12)14-5-4-6-16(11-14)25-3/h4-12H,1-3H3/t12-/m0/s1. The van der Waals surface area contributed by atoms with Gasteiger partial charge in [0.2, 0.25) is 5.16 Å². The average Bonchev–Trinajstić information content (AvgIpc) is 3.10. The van der Waals surface area contributed by atoms with E-state index in [9.17, 15) is 0 Å². The van der Waals surface area contributed by atoms with Crippen LogP contribution in [0.5, 0.6) is 11.5 Å². The van der Waals surface area contributed by atoms with E-state index in [1.165, 1.54) is 0 Å². The first-order chi connectivity index (χ1) is 12.7. The number of aromatic nitrogens is 3. The minimum atomic E-state index is 0.179. The first kappa shape index (κ1) is 16.7. The Morgan fingerprint density at radius 2 is 1.69 bits per heavy atom. The van der Waals surface area contributed by atoms with Crippen molar-refractivity contribution in [1.82, 2.24) is 14.9 Å². The summed E-state index contributed by atoms with van der Waals surface area (Å²) in [6.45, 7) is 2.12. The van der Waals surface area contributed by atoms with Gasteiger partial charge in [-0.25, -0.2) is 0 Å². The van der Waals surface area contributed by atoms with E-state index in [0.717, 1.165) is 33.5 Å². The van der Waals surface area contributed by atoms with E-state index in [1.807, 2.05) is 48.5 Å². The Bertz CT molecular complexity index is 966. The largest absolute Gasteiger partial charge is 0.497 e. The van der Waals surface area contributed by atoms with Crippen LogP contribution in [0.1, 0.15) is 12.5 Å². The zero-order valence-corrected chi connectivity index (χ0v) is 15.5. The van der Waals surface area contributed by atoms with Crippen molar-refractivity contribution in [3.63, 3.8) is 0 Å². The van der Waals surface area contributed by atoms with Crippen LogP contribution < -0.4 is 9.47 Å². The molecule has 0 spiro atoms. The molecule has 26 heavy (non-hydrogen) atoms. The molecular formula is C19H18N4O2S. The molecule has 1 aromatic heterocycles. The number of hydrogen-bond donors (Lipinski definition) is 0. The van der Waals surface area contributed by atoms with Crippen molar-refractivity contribution in [3.05, 3.63) is 54.1 Å². The number of benzene rings is 2. The normalized spacial score (nSPS) is 16.0. The maximum atomic E-state index is 5.32. The molecule has 7 heteroatoms. The Morgan fingerprint density at radius 3 is 2.42 bits per heavy atom. The number of methoxy groups -OCH3 is 2. The number of rotatable bonds is 4. The second-order valence-corrected chi connectivity index (χ2v) is 7.13. The molecule has 0 aliphatic carbocycles. The van der Waals surface area contributed by atoms with Crippen molar-refractivity contribution in [2.75, 3.05) is 14.2 Å². The predicted octanol–water partition coefficient (Wildman–Crippen LogP) is 3.71. The molecule has 0 unspecified atom stereocenters. The smallest absolute Gasteiger partial charge is 0.213 e. The van der Waals surface area contributed by atoms with Crippen LogP contribution in [0.3, 0.4) is 0 Å². The highest BCUT2D eigenvalue weighted by Crippen LogP contribution is 2.33. The molecule has 0 saturated carbocycles. The van der Waals surface area contributed by atoms with Gasteiger partial charge < -0.3 is 9.47 Å². The van der Waals surface area contributed by atoms with Gasteiger partial charge in [0.05, 0.1) is 25.2 Å². The molecule has 1 atom stereocenters. The summed E-state index contributed by atoms with van der Waals surface area (Å²) in [5.41, 5.74) is 2.95. The van der Waals surface area contributed by atoms with Gasteiger partial charge in [-0.05, 0) is 48.9 Å². The Kier molecular flexibility index (Phi) is 4.38. The zero-order valence-electron chi connectivity index (χ0n) is 14.7. The van der Waals surface area contributed by atoms with Gasteiger partial charge in [0, 0.05) is 5.56 Å². The van der Waals surface area contributed by atoms with Gasteiger partial charge in [-0.1, -0.05) is 23.9 Å². The molecule has 0 bridgehead atoms. The maximum Gasteiger partial charge on any atom is 0.213 e. The number of thioether (sulfide) groups is 1. The van der Waals surface area contributed by atoms with E-state index in [1.54, 1.807) is 30.7 Å². The molecule has 6 nitrogen and oxygen atoms in total. The lowest BCUT2D eigenvalue weighted by molar-refractivity contribution is 0.414. The number of ether oxygens (including phenoxy) is 2. The van der Waals surface area contributed by atoms with Crippen LogP contribution in [0.2, 0.25) is 0 Å². The third kappa shape index (κ3) is 2.94. The third-order valence-corrected chi connectivity index (χ3v) is 5.24. The summed E-state index contributed by atoms with van der Waals surface area (Å²) < 4.78 is 12.4. The second kappa shape index (κ2) is 6.84. The molecule has 0 fully saturated rings. The van der Waals surface area contributed by atoms with Gasteiger partial charge >= 0.3 is 0 Å². The van der Waals surface area contributed by atoms with Gasteiger partial charge in [0.25, 0.3) is 0 Å². The molecule has 0 amide bonds. The fourth-order valence-corrected chi connectivity index (χ4v) is 3.75. The van der Waals surface area contributed by atoms with Crippen LogP contribution in [0, 0.1) is 0 Å². The van der Waals surface area contributed by atoms with Gasteiger partial charge in [0.15, 0.2) is 5.82 Å². The van der Waals surface area contributed by atoms with Crippen LogP contribution in [0.25, 0.3) is 11.4 Å². The van der Waals surface area contributed by atoms with Gasteiger partial charge in [-0.3, -0.25) is 0 Å². The SMILES string of the molecule is COc1ccc(C2=Nn3c(nnc3-c3cccc(OC)c3)S[C@H]2C)cc1. The van der Waals surface area contributed by atoms with Crippen molar-refractivity contribution in [2.45, 2.75) is 17.3 Å². The summed E-state index contributed by atoms with van der Waals surface area (Å²) in [6, 6.07) is 15.7. The Balaban J connectivity index is 1.78. The van der Waals surface area contributed by atoms with Crippen molar-refractivity contribution < 1.29 is 9.47 Å². The Morgan fingerprint density at radius 1 is 0.923 bits per heavy atom. The van der Waals surface area contributed by atoms with Crippen LogP contribution in [-0.2, 0) is 0 Å². The average molecular weight is 366 g/mol. The fraction of sp³-hybridized carbons (Fsp3) is 0.211. The summed E-state index contributed by atoms with van der Waals surface area (Å²) in [4.78, 5) is 0. The molecule has 1 aliphatic rings. The first-order valence-electron chi connectivity index (χ1n) is 8.19. The molecule has 132 valence electrons. The molecule has 0 saturated heterocycles. The molecule has 0 N–H and O–H groups in total. The Hall–Kier alpha value is -2.80. The molecule has 2 heterocycles. The number of nitrogens with zero attached hydrogens (tertiary/aromatic N) is 4. The first-order valence-corrected chi connectivity index (χ1v) is 9.07. The highest BCUT2D eigenvalue weighted by atomic mass is 32.2. The molecule has 1 aliphatic heterocycles. The topological polar surface area (TPSA) is 61.5 Å². The number of fused-ring (bicyclic) bond motifs is 1. The quantitative estimate of drug-likeness (QED) is 0.704. The lowest BCUT2D eigenvalue weighted by Gasteiger charge is -2.20. The van der Waals surface area contributed by atoms with Crippen LogP contribution in [-0.4, -0.2) is 40.1 Å². The van der Waals surface area contributed by atoms with E-state index in [0.29, 0.717) is 5.82 Å². The maximum absolute atomic E-state index is 5.32. The Labute approximate surface area is 155 Å². The summed E-state index contributed by atoms with van der Waals surface area (Å²) in [6.07, 6.45) is 0. The van der Waals surface area contributed by atoms with Crippen molar-refractivity contribution in [1.29, 1.82) is 0 Å². The highest BCUT2D eigenvalue weighted by Gasteiger charge is 2.26. The van der Waals surface area contributed by atoms with Crippen LogP contribution >= 0.6 is 11.8 Å². The minimum Gasteiger partial charge on any atom is -0.497 e. The second-order valence-electron chi connectivity index (χ2n) is 5.82. The van der Waals surface area contributed by atoms with E-state index in [4.69, 9.17) is 14.6 Å². The van der Waals surface area contributed by atoms with Crippen LogP contribution in [0.4, 0.5) is 0 Å². The van der Waals surface area contributed by atoms with Gasteiger partial charge in [-0.2, -0.15) is 9.78 Å². The molecule has 4 rings (SSSR count). The molecule has 3 aromatic rings. The van der Waals surface area contributed by atoms with Crippen molar-refractivity contribution in [3.8, 4) is 22.9 Å². The third-order valence-electron chi connectivity index (χ3n) is 4.20. The molecule has 2 aromatic carbocycles. The summed E-state index contributed by atoms with van der Waals surface area (Å²) >= 11 is 1.65. The van der Waals surface area contributed by atoms with E-state index in [-0.39, 0.29) is 5.25 Å². The minimum absolute atomic E-state index is 0.179. The van der Waals surface area contributed by atoms with Gasteiger partial charge in [-0.15, -0.1) is 10.2 Å². The predicted molar refractivity (Wildman–Crippen MR) is 102 cm³/mol. The lowest BCUT2D eigenvalue weighted by atomic mass is 10.1. The monoisotopic (exact) mass is 366 g/mol. The van der Waals surface area contributed by atoms with E-state index < -0.39 is 0 Å². The highest BCUT2D eigenvalue weighted by molar-refractivity contribution is 8.00. The zero-order chi connectivity index (χ0) is 18.1. The van der Waals surface area contributed by atoms with Crippen LogP contribution in [0.15, 0.2) is 58.8 Å². The summed E-state index contributed by atoms with van der Waals surface area (Å²) in [5, 5.41) is 14.5.